The van der Waals surface area contributed by atoms with Crippen LogP contribution >= 0.6 is 11.6 Å². The average molecular weight is 360 g/mol. The number of benzene rings is 3. The number of ketones is 1. The molecule has 26 heavy (non-hydrogen) atoms. The van der Waals surface area contributed by atoms with Crippen LogP contribution in [0.3, 0.4) is 0 Å². The maximum atomic E-state index is 12.8. The molecule has 0 saturated heterocycles. The third-order valence-electron chi connectivity index (χ3n) is 4.05. The maximum absolute atomic E-state index is 12.8. The van der Waals surface area contributed by atoms with Crippen molar-refractivity contribution in [3.05, 3.63) is 101 Å². The molecule has 126 valence electrons. The highest BCUT2D eigenvalue weighted by atomic mass is 35.5. The molecule has 4 rings (SSSR count). The third-order valence-corrected chi connectivity index (χ3v) is 4.30. The first kappa shape index (κ1) is 16.2. The van der Waals surface area contributed by atoms with E-state index >= 15 is 0 Å². The first-order valence-electron chi connectivity index (χ1n) is 8.10. The van der Waals surface area contributed by atoms with Gasteiger partial charge in [-0.15, -0.1) is 5.10 Å². The fourth-order valence-electron chi connectivity index (χ4n) is 2.74. The van der Waals surface area contributed by atoms with Gasteiger partial charge in [0.2, 0.25) is 0 Å². The zero-order valence-electron chi connectivity index (χ0n) is 13.7. The van der Waals surface area contributed by atoms with Crippen LogP contribution in [-0.4, -0.2) is 20.8 Å². The molecule has 0 fully saturated rings. The SMILES string of the molecule is O=C(C=C(c1ccccc1)n1nnc2ccccc21)c1ccc(Cl)cc1. The van der Waals surface area contributed by atoms with Crippen molar-refractivity contribution in [1.82, 2.24) is 15.0 Å². The van der Waals surface area contributed by atoms with E-state index in [0.29, 0.717) is 16.3 Å². The van der Waals surface area contributed by atoms with Gasteiger partial charge in [-0.3, -0.25) is 4.79 Å². The summed E-state index contributed by atoms with van der Waals surface area (Å²) in [6.07, 6.45) is 1.58. The van der Waals surface area contributed by atoms with Gasteiger partial charge < -0.3 is 0 Å². The molecule has 0 N–H and O–H groups in total. The summed E-state index contributed by atoms with van der Waals surface area (Å²) in [5, 5.41) is 9.05. The maximum Gasteiger partial charge on any atom is 0.188 e. The van der Waals surface area contributed by atoms with Crippen LogP contribution in [0, 0.1) is 0 Å². The van der Waals surface area contributed by atoms with Gasteiger partial charge in [0, 0.05) is 22.2 Å². The quantitative estimate of drug-likeness (QED) is 0.386. The van der Waals surface area contributed by atoms with Gasteiger partial charge in [0.25, 0.3) is 0 Å². The van der Waals surface area contributed by atoms with Crippen molar-refractivity contribution >= 4 is 34.1 Å². The molecule has 0 atom stereocenters. The third kappa shape index (κ3) is 3.15. The predicted octanol–water partition coefficient (Wildman–Crippen LogP) is 4.86. The number of nitrogens with zero attached hydrogens (tertiary/aromatic N) is 3. The van der Waals surface area contributed by atoms with Gasteiger partial charge in [-0.2, -0.15) is 0 Å². The molecule has 0 unspecified atom stereocenters. The highest BCUT2D eigenvalue weighted by molar-refractivity contribution is 6.30. The Hall–Kier alpha value is -3.24. The van der Waals surface area contributed by atoms with E-state index in [9.17, 15) is 4.79 Å². The van der Waals surface area contributed by atoms with Crippen LogP contribution in [0.1, 0.15) is 15.9 Å². The fraction of sp³-hybridized carbons (Fsp3) is 0. The highest BCUT2D eigenvalue weighted by Crippen LogP contribution is 2.22. The van der Waals surface area contributed by atoms with Crippen LogP contribution < -0.4 is 0 Å². The van der Waals surface area contributed by atoms with E-state index in [-0.39, 0.29) is 5.78 Å². The van der Waals surface area contributed by atoms with E-state index in [1.165, 1.54) is 0 Å². The smallest absolute Gasteiger partial charge is 0.188 e. The largest absolute Gasteiger partial charge is 0.289 e. The van der Waals surface area contributed by atoms with Gasteiger partial charge in [-0.1, -0.05) is 59.3 Å². The first-order valence-corrected chi connectivity index (χ1v) is 8.48. The zero-order chi connectivity index (χ0) is 17.9. The summed E-state index contributed by atoms with van der Waals surface area (Å²) in [4.78, 5) is 12.8. The van der Waals surface area contributed by atoms with Crippen LogP contribution in [0.2, 0.25) is 5.02 Å². The standard InChI is InChI=1S/C21H14ClN3O/c22-17-12-10-16(11-13-17)21(26)14-20(15-6-2-1-3-7-15)25-19-9-5-4-8-18(19)23-24-25/h1-14H. The number of carbonyl (C=O) groups excluding carboxylic acids is 1. The number of aromatic nitrogens is 3. The van der Waals surface area contributed by atoms with Crippen molar-refractivity contribution in [2.24, 2.45) is 0 Å². The summed E-state index contributed by atoms with van der Waals surface area (Å²) in [6.45, 7) is 0. The van der Waals surface area contributed by atoms with E-state index in [0.717, 1.165) is 16.6 Å². The Balaban J connectivity index is 1.86. The lowest BCUT2D eigenvalue weighted by Crippen LogP contribution is -2.05. The number of allylic oxidation sites excluding steroid dienone is 1. The highest BCUT2D eigenvalue weighted by Gasteiger charge is 2.13. The van der Waals surface area contributed by atoms with Gasteiger partial charge in [-0.25, -0.2) is 4.68 Å². The van der Waals surface area contributed by atoms with Crippen LogP contribution in [0.5, 0.6) is 0 Å². The molecule has 0 spiro atoms. The monoisotopic (exact) mass is 359 g/mol. The molecule has 4 nitrogen and oxygen atoms in total. The molecule has 0 saturated carbocycles. The van der Waals surface area contributed by atoms with Gasteiger partial charge in [0.15, 0.2) is 5.78 Å². The van der Waals surface area contributed by atoms with E-state index < -0.39 is 0 Å². The summed E-state index contributed by atoms with van der Waals surface area (Å²) in [5.74, 6) is -0.125. The fourth-order valence-corrected chi connectivity index (χ4v) is 2.87. The van der Waals surface area contributed by atoms with Gasteiger partial charge >= 0.3 is 0 Å². The molecule has 1 heterocycles. The molecule has 4 aromatic rings. The minimum absolute atomic E-state index is 0.125. The van der Waals surface area contributed by atoms with Crippen molar-refractivity contribution in [2.45, 2.75) is 0 Å². The second kappa shape index (κ2) is 6.94. The Morgan fingerprint density at radius 1 is 0.846 bits per heavy atom. The predicted molar refractivity (Wildman–Crippen MR) is 103 cm³/mol. The van der Waals surface area contributed by atoms with E-state index in [1.807, 2.05) is 54.6 Å². The van der Waals surface area contributed by atoms with Gasteiger partial charge in [0.05, 0.1) is 11.2 Å². The van der Waals surface area contributed by atoms with Crippen molar-refractivity contribution in [3.63, 3.8) is 0 Å². The number of carbonyl (C=O) groups is 1. The molecular formula is C21H14ClN3O. The molecule has 0 aliphatic carbocycles. The van der Waals surface area contributed by atoms with Crippen molar-refractivity contribution in [1.29, 1.82) is 0 Å². The van der Waals surface area contributed by atoms with E-state index in [4.69, 9.17) is 11.6 Å². The van der Waals surface area contributed by atoms with Crippen LogP contribution in [0.4, 0.5) is 0 Å². The number of rotatable bonds is 4. The Labute approximate surface area is 155 Å². The molecule has 0 aliphatic rings. The van der Waals surface area contributed by atoms with Crippen LogP contribution in [0.25, 0.3) is 16.7 Å². The lowest BCUT2D eigenvalue weighted by Gasteiger charge is -2.09. The summed E-state index contributed by atoms with van der Waals surface area (Å²) in [5.41, 5.74) is 3.72. The minimum atomic E-state index is -0.125. The summed E-state index contributed by atoms with van der Waals surface area (Å²) >= 11 is 5.92. The summed E-state index contributed by atoms with van der Waals surface area (Å²) in [6, 6.07) is 24.2. The summed E-state index contributed by atoms with van der Waals surface area (Å²) in [7, 11) is 0. The minimum Gasteiger partial charge on any atom is -0.289 e. The Kier molecular flexibility index (Phi) is 4.33. The Morgan fingerprint density at radius 2 is 1.54 bits per heavy atom. The number of fused-ring (bicyclic) bond motifs is 1. The van der Waals surface area contributed by atoms with Crippen molar-refractivity contribution in [3.8, 4) is 0 Å². The lowest BCUT2D eigenvalue weighted by molar-refractivity contribution is 0.104. The second-order valence-electron chi connectivity index (χ2n) is 5.76. The normalized spacial score (nSPS) is 11.7. The number of para-hydroxylation sites is 1. The Morgan fingerprint density at radius 3 is 2.31 bits per heavy atom. The van der Waals surface area contributed by atoms with Crippen LogP contribution in [-0.2, 0) is 0 Å². The van der Waals surface area contributed by atoms with Crippen molar-refractivity contribution in [2.75, 3.05) is 0 Å². The molecule has 0 aliphatic heterocycles. The molecule has 1 aromatic heterocycles. The first-order chi connectivity index (χ1) is 12.7. The van der Waals surface area contributed by atoms with Gasteiger partial charge in [0.1, 0.15) is 5.52 Å². The van der Waals surface area contributed by atoms with E-state index in [1.54, 1.807) is 35.0 Å². The molecule has 0 bridgehead atoms. The number of hydrogen-bond acceptors (Lipinski definition) is 3. The second-order valence-corrected chi connectivity index (χ2v) is 6.19. The van der Waals surface area contributed by atoms with E-state index in [2.05, 4.69) is 10.3 Å². The lowest BCUT2D eigenvalue weighted by atomic mass is 10.1. The average Bonchev–Trinajstić information content (AvgIpc) is 3.11. The van der Waals surface area contributed by atoms with Crippen LogP contribution in [0.15, 0.2) is 84.9 Å². The molecule has 0 radical (unpaired) electrons. The van der Waals surface area contributed by atoms with Gasteiger partial charge in [-0.05, 0) is 36.4 Å². The zero-order valence-corrected chi connectivity index (χ0v) is 14.5. The number of hydrogen-bond donors (Lipinski definition) is 0. The summed E-state index contributed by atoms with van der Waals surface area (Å²) < 4.78 is 1.69. The Bertz CT molecular complexity index is 1100. The topological polar surface area (TPSA) is 47.8 Å². The molecule has 0 amide bonds. The number of halogens is 1. The molecular weight excluding hydrogens is 346 g/mol. The van der Waals surface area contributed by atoms with Crippen molar-refractivity contribution < 1.29 is 4.79 Å². The molecule has 5 heteroatoms. The molecule has 3 aromatic carbocycles.